The van der Waals surface area contributed by atoms with E-state index in [1.54, 1.807) is 0 Å². The van der Waals surface area contributed by atoms with Crippen LogP contribution in [0.2, 0.25) is 0 Å². The van der Waals surface area contributed by atoms with Gasteiger partial charge >= 0.3 is 17.2 Å². The summed E-state index contributed by atoms with van der Waals surface area (Å²) in [5, 5.41) is 0. The Kier molecular flexibility index (Phi) is 56.4. The lowest BCUT2D eigenvalue weighted by Gasteiger charge is -2.26. The Morgan fingerprint density at radius 1 is 0.267 bits per heavy atom. The van der Waals surface area contributed by atoms with Crippen molar-refractivity contribution in [2.75, 3.05) is 26.4 Å². The predicted molar refractivity (Wildman–Crippen MR) is 381 cm³/mol. The van der Waals surface area contributed by atoms with E-state index in [9.17, 15) is 0 Å². The Hall–Kier alpha value is -1.26. The molecule has 86 heavy (non-hydrogen) atoms. The molecule has 0 aromatic heterocycles. The molecule has 2 aromatic carbocycles. The summed E-state index contributed by atoms with van der Waals surface area (Å²) >= 11 is 0. The lowest BCUT2D eigenvalue weighted by atomic mass is 9.81. The summed E-state index contributed by atoms with van der Waals surface area (Å²) in [6.45, 7) is 23.6. The van der Waals surface area contributed by atoms with Gasteiger partial charge in [-0.15, -0.1) is 0 Å². The lowest BCUT2D eigenvalue weighted by Crippen LogP contribution is -2.10. The molecule has 8 heteroatoms. The van der Waals surface area contributed by atoms with E-state index in [4.69, 9.17) is 27.1 Å². The van der Waals surface area contributed by atoms with Gasteiger partial charge in [0.15, 0.2) is 0 Å². The Morgan fingerprint density at radius 3 is 0.709 bits per heavy atom. The van der Waals surface area contributed by atoms with Gasteiger partial charge < -0.3 is 27.1 Å². The van der Waals surface area contributed by atoms with Crippen molar-refractivity contribution in [2.45, 2.75) is 402 Å². The highest BCUT2D eigenvalue weighted by molar-refractivity contribution is 7.42. The largest absolute Gasteiger partial charge is 0.426 e. The minimum absolute atomic E-state index is 0.260. The lowest BCUT2D eigenvalue weighted by molar-refractivity contribution is 0.197. The smallest absolute Gasteiger partial charge is 0.397 e. The number of aryl methyl sites for hydroxylation is 4. The fourth-order valence-electron chi connectivity index (χ4n) is 12.3. The van der Waals surface area contributed by atoms with Crippen molar-refractivity contribution in [3.05, 3.63) is 57.6 Å². The van der Waals surface area contributed by atoms with E-state index in [-0.39, 0.29) is 5.92 Å². The number of rotatable bonds is 66. The second-order valence-corrected chi connectivity index (χ2v) is 28.6. The first kappa shape index (κ1) is 80.8. The molecule has 2 rings (SSSR count). The van der Waals surface area contributed by atoms with Crippen molar-refractivity contribution < 1.29 is 27.1 Å². The zero-order chi connectivity index (χ0) is 62.0. The van der Waals surface area contributed by atoms with Gasteiger partial charge in [-0.05, 0) is 117 Å². The van der Waals surface area contributed by atoms with Crippen molar-refractivity contribution in [1.82, 2.24) is 0 Å². The second kappa shape index (κ2) is 60.0. The zero-order valence-corrected chi connectivity index (χ0v) is 60.6. The molecular weight excluding hydrogens is 1090 g/mol. The van der Waals surface area contributed by atoms with Crippen LogP contribution in [-0.2, 0) is 30.9 Å². The van der Waals surface area contributed by atoms with Crippen molar-refractivity contribution in [1.29, 1.82) is 0 Å². The second-order valence-electron chi connectivity index (χ2n) is 26.3. The van der Waals surface area contributed by atoms with Crippen molar-refractivity contribution in [2.24, 2.45) is 0 Å². The van der Waals surface area contributed by atoms with Gasteiger partial charge in [0, 0.05) is 5.92 Å². The average molecular weight is 1240 g/mol. The Morgan fingerprint density at radius 2 is 0.488 bits per heavy atom. The molecule has 0 spiro atoms. The molecule has 0 fully saturated rings. The summed E-state index contributed by atoms with van der Waals surface area (Å²) in [6, 6.07) is 9.71. The van der Waals surface area contributed by atoms with Crippen LogP contribution in [0.1, 0.15) is 409 Å². The van der Waals surface area contributed by atoms with Gasteiger partial charge in [0.05, 0.1) is 26.4 Å². The normalized spacial score (nSPS) is 11.9. The summed E-state index contributed by atoms with van der Waals surface area (Å²) in [5.74, 6) is 2.17. The van der Waals surface area contributed by atoms with Gasteiger partial charge in [-0.2, -0.15) is 0 Å². The van der Waals surface area contributed by atoms with E-state index in [0.29, 0.717) is 26.4 Å². The summed E-state index contributed by atoms with van der Waals surface area (Å²) in [7, 11) is -3.03. The van der Waals surface area contributed by atoms with E-state index in [1.165, 1.54) is 290 Å². The van der Waals surface area contributed by atoms with Crippen LogP contribution in [0.15, 0.2) is 24.3 Å². The third-order valence-electron chi connectivity index (χ3n) is 17.9. The quantitative estimate of drug-likeness (QED) is 0.0486. The number of hydrogen-bond donors (Lipinski definition) is 0. The molecule has 0 aliphatic rings. The van der Waals surface area contributed by atoms with E-state index in [2.05, 4.69) is 86.6 Å². The fraction of sp³-hybridized carbons (Fsp3) is 0.846. The summed E-state index contributed by atoms with van der Waals surface area (Å²) < 4.78 is 40.5. The SMILES string of the molecule is CCCCCCCCCCCCCOP(OCCCCCCCCCCCCC)Oc1cc(C)c(C(CCC)c2cc(CCCC)c(OP(OCCCCCCCCCCCCC)OCCCCCCCCCCCCC)cc2C)cc1CCCC. The molecule has 502 valence electrons. The monoisotopic (exact) mass is 1240 g/mol. The van der Waals surface area contributed by atoms with Crippen LogP contribution in [0.5, 0.6) is 11.5 Å². The van der Waals surface area contributed by atoms with Crippen LogP contribution in [0.4, 0.5) is 0 Å². The first-order chi connectivity index (χ1) is 42.4. The third-order valence-corrected chi connectivity index (χ3v) is 20.2. The van der Waals surface area contributed by atoms with E-state index >= 15 is 0 Å². The maximum Gasteiger partial charge on any atom is 0.397 e. The minimum atomic E-state index is -1.52. The molecule has 0 radical (unpaired) electrons. The van der Waals surface area contributed by atoms with Crippen LogP contribution in [0.25, 0.3) is 0 Å². The van der Waals surface area contributed by atoms with Gasteiger partial charge in [-0.25, -0.2) is 0 Å². The molecular formula is C78H144O6P2. The van der Waals surface area contributed by atoms with Gasteiger partial charge in [-0.1, -0.05) is 337 Å². The Labute approximate surface area is 539 Å². The maximum absolute atomic E-state index is 7.00. The molecule has 0 atom stereocenters. The van der Waals surface area contributed by atoms with Gasteiger partial charge in [0.25, 0.3) is 0 Å². The summed E-state index contributed by atoms with van der Waals surface area (Å²) in [6.07, 6.45) is 66.9. The van der Waals surface area contributed by atoms with E-state index in [1.807, 2.05) is 0 Å². The standard InChI is InChI=1S/C78H144O6P2/c1-10-17-23-27-31-35-39-43-47-51-55-62-79-85(80-63-56-52-48-44-40-36-32-28-24-18-11-2)83-77-66-70(8)75(68-72(77)60-21-14-5)74(59-16-7)76-69-73(61-22-15-6)78(67-71(76)9)84-86(81-64-57-53-49-45-41-37-33-29-25-19-12-3)82-65-58-54-50-46-42-38-34-30-26-20-13-4/h66-69,74H,10-65H2,1-9H3. The van der Waals surface area contributed by atoms with Crippen LogP contribution < -0.4 is 9.05 Å². The van der Waals surface area contributed by atoms with E-state index in [0.717, 1.165) is 88.5 Å². The van der Waals surface area contributed by atoms with Crippen LogP contribution >= 0.6 is 17.2 Å². The van der Waals surface area contributed by atoms with Crippen LogP contribution in [-0.4, -0.2) is 26.4 Å². The van der Waals surface area contributed by atoms with Gasteiger partial charge in [0.2, 0.25) is 0 Å². The summed E-state index contributed by atoms with van der Waals surface area (Å²) in [4.78, 5) is 0. The predicted octanol–water partition coefficient (Wildman–Crippen LogP) is 28.4. The zero-order valence-electron chi connectivity index (χ0n) is 58.8. The van der Waals surface area contributed by atoms with Crippen LogP contribution in [0.3, 0.4) is 0 Å². The highest BCUT2D eigenvalue weighted by Crippen LogP contribution is 2.47. The highest BCUT2D eigenvalue weighted by Gasteiger charge is 2.26. The Balaban J connectivity index is 2.31. The topological polar surface area (TPSA) is 55.4 Å². The maximum atomic E-state index is 7.00. The number of hydrogen-bond acceptors (Lipinski definition) is 6. The molecule has 0 amide bonds. The van der Waals surface area contributed by atoms with Gasteiger partial charge in [-0.3, -0.25) is 0 Å². The molecule has 0 saturated carbocycles. The minimum Gasteiger partial charge on any atom is -0.426 e. The fourth-order valence-corrected chi connectivity index (χ4v) is 14.4. The number of benzene rings is 2. The molecule has 0 aliphatic heterocycles. The van der Waals surface area contributed by atoms with Crippen LogP contribution in [0, 0.1) is 13.8 Å². The molecule has 0 aliphatic carbocycles. The molecule has 0 unspecified atom stereocenters. The molecule has 0 heterocycles. The number of unbranched alkanes of at least 4 members (excludes halogenated alkanes) is 42. The van der Waals surface area contributed by atoms with Gasteiger partial charge in [0.1, 0.15) is 11.5 Å². The average Bonchev–Trinajstić information content (AvgIpc) is 1.56. The highest BCUT2D eigenvalue weighted by atomic mass is 31.2. The molecule has 0 saturated heterocycles. The molecule has 0 N–H and O–H groups in total. The van der Waals surface area contributed by atoms with Crippen molar-refractivity contribution in [3.8, 4) is 11.5 Å². The van der Waals surface area contributed by atoms with Crippen molar-refractivity contribution >= 4 is 17.2 Å². The first-order valence-electron chi connectivity index (χ1n) is 38.1. The third kappa shape index (κ3) is 42.7. The van der Waals surface area contributed by atoms with Crippen molar-refractivity contribution in [3.63, 3.8) is 0 Å². The Bertz CT molecular complexity index is 1590. The first-order valence-corrected chi connectivity index (χ1v) is 40.3. The van der Waals surface area contributed by atoms with E-state index < -0.39 is 17.2 Å². The molecule has 0 bridgehead atoms. The molecule has 6 nitrogen and oxygen atoms in total. The summed E-state index contributed by atoms with van der Waals surface area (Å²) in [5.41, 5.74) is 7.99. The molecule has 2 aromatic rings.